The van der Waals surface area contributed by atoms with Crippen LogP contribution >= 0.6 is 0 Å². The molecule has 0 saturated heterocycles. The largest absolute Gasteiger partial charge is 0.292 e. The van der Waals surface area contributed by atoms with Gasteiger partial charge in [0.1, 0.15) is 5.65 Å². The van der Waals surface area contributed by atoms with Gasteiger partial charge in [0.15, 0.2) is 0 Å². The third-order valence-corrected chi connectivity index (χ3v) is 4.06. The maximum absolute atomic E-state index is 4.84. The second-order valence-corrected chi connectivity index (χ2v) is 5.20. The third kappa shape index (κ3) is 1.32. The first-order valence-electron chi connectivity index (χ1n) is 6.95. The molecule has 3 aromatic heterocycles. The molecule has 0 amide bonds. The molecule has 5 rings (SSSR count). The highest BCUT2D eigenvalue weighted by molar-refractivity contribution is 6.13. The van der Waals surface area contributed by atoms with Crippen LogP contribution in [-0.4, -0.2) is 14.4 Å². The Labute approximate surface area is 120 Å². The Kier molecular flexibility index (Phi) is 1.95. The van der Waals surface area contributed by atoms with Crippen molar-refractivity contribution >= 4 is 38.4 Å². The first kappa shape index (κ1) is 10.8. The molecule has 0 aliphatic rings. The minimum atomic E-state index is 1.01. The second-order valence-electron chi connectivity index (χ2n) is 5.20. The molecule has 0 atom stereocenters. The highest BCUT2D eigenvalue weighted by Gasteiger charge is 2.12. The van der Waals surface area contributed by atoms with Crippen LogP contribution in [0.1, 0.15) is 0 Å². The van der Waals surface area contributed by atoms with Crippen LogP contribution in [0.25, 0.3) is 38.4 Å². The number of para-hydroxylation sites is 2. The number of rotatable bonds is 0. The Balaban J connectivity index is 2.25. The van der Waals surface area contributed by atoms with Crippen molar-refractivity contribution in [2.75, 3.05) is 0 Å². The molecule has 0 bridgehead atoms. The van der Waals surface area contributed by atoms with Gasteiger partial charge in [-0.3, -0.25) is 9.38 Å². The Morgan fingerprint density at radius 2 is 1.52 bits per heavy atom. The molecular formula is C18H11N3. The van der Waals surface area contributed by atoms with Gasteiger partial charge >= 0.3 is 0 Å². The van der Waals surface area contributed by atoms with E-state index in [2.05, 4.69) is 57.9 Å². The molecular weight excluding hydrogens is 258 g/mol. The van der Waals surface area contributed by atoms with Crippen LogP contribution in [0.2, 0.25) is 0 Å². The van der Waals surface area contributed by atoms with Crippen LogP contribution in [0.4, 0.5) is 0 Å². The van der Waals surface area contributed by atoms with E-state index in [0.717, 1.165) is 33.0 Å². The van der Waals surface area contributed by atoms with Gasteiger partial charge in [-0.25, -0.2) is 4.98 Å². The predicted octanol–water partition coefficient (Wildman–Crippen LogP) is 4.19. The molecule has 2 aromatic carbocycles. The number of hydrogen-bond donors (Lipinski definition) is 0. The van der Waals surface area contributed by atoms with E-state index in [1.807, 2.05) is 18.5 Å². The normalized spacial score (nSPS) is 11.8. The van der Waals surface area contributed by atoms with E-state index >= 15 is 0 Å². The van der Waals surface area contributed by atoms with Crippen LogP contribution in [0, 0.1) is 0 Å². The Bertz CT molecular complexity index is 1140. The molecule has 0 aliphatic carbocycles. The average Bonchev–Trinajstić information content (AvgIpc) is 2.95. The zero-order chi connectivity index (χ0) is 13.8. The summed E-state index contributed by atoms with van der Waals surface area (Å²) in [6.07, 6.45) is 3.78. The predicted molar refractivity (Wildman–Crippen MR) is 85.5 cm³/mol. The molecule has 5 aromatic rings. The van der Waals surface area contributed by atoms with Gasteiger partial charge in [-0.05, 0) is 23.6 Å². The summed E-state index contributed by atoms with van der Waals surface area (Å²) in [5.74, 6) is 0. The summed E-state index contributed by atoms with van der Waals surface area (Å²) in [7, 11) is 0. The number of nitrogens with zero attached hydrogens (tertiary/aromatic N) is 3. The van der Waals surface area contributed by atoms with Crippen LogP contribution in [0.5, 0.6) is 0 Å². The van der Waals surface area contributed by atoms with Crippen molar-refractivity contribution in [3.05, 3.63) is 67.0 Å². The monoisotopic (exact) mass is 269 g/mol. The summed E-state index contributed by atoms with van der Waals surface area (Å²) < 4.78 is 2.23. The van der Waals surface area contributed by atoms with Crippen molar-refractivity contribution in [2.45, 2.75) is 0 Å². The Morgan fingerprint density at radius 1 is 0.714 bits per heavy atom. The number of fused-ring (bicyclic) bond motifs is 8. The molecule has 0 unspecified atom stereocenters. The van der Waals surface area contributed by atoms with Crippen LogP contribution < -0.4 is 0 Å². The zero-order valence-electron chi connectivity index (χ0n) is 11.2. The molecule has 0 spiro atoms. The molecule has 98 valence electrons. The van der Waals surface area contributed by atoms with Gasteiger partial charge in [-0.1, -0.05) is 36.4 Å². The van der Waals surface area contributed by atoms with E-state index < -0.39 is 0 Å². The van der Waals surface area contributed by atoms with Crippen molar-refractivity contribution in [2.24, 2.45) is 0 Å². The van der Waals surface area contributed by atoms with Gasteiger partial charge in [0.25, 0.3) is 0 Å². The number of hydrogen-bond acceptors (Lipinski definition) is 2. The molecule has 0 radical (unpaired) electrons. The lowest BCUT2D eigenvalue weighted by Crippen LogP contribution is -1.91. The first-order chi connectivity index (χ1) is 10.4. The summed E-state index contributed by atoms with van der Waals surface area (Å²) in [5.41, 5.74) is 4.30. The highest BCUT2D eigenvalue weighted by Crippen LogP contribution is 2.31. The van der Waals surface area contributed by atoms with Crippen molar-refractivity contribution in [1.29, 1.82) is 0 Å². The fraction of sp³-hybridized carbons (Fsp3) is 0. The average molecular weight is 269 g/mol. The maximum atomic E-state index is 4.84. The minimum Gasteiger partial charge on any atom is -0.292 e. The Hall–Kier alpha value is -2.94. The van der Waals surface area contributed by atoms with Gasteiger partial charge in [-0.15, -0.1) is 0 Å². The smallest absolute Gasteiger partial charge is 0.146 e. The number of imidazole rings is 1. The maximum Gasteiger partial charge on any atom is 0.146 e. The molecule has 0 N–H and O–H groups in total. The van der Waals surface area contributed by atoms with E-state index in [-0.39, 0.29) is 0 Å². The fourth-order valence-electron chi connectivity index (χ4n) is 3.15. The van der Waals surface area contributed by atoms with E-state index in [0.29, 0.717) is 0 Å². The van der Waals surface area contributed by atoms with Gasteiger partial charge in [-0.2, -0.15) is 0 Å². The summed E-state index contributed by atoms with van der Waals surface area (Å²) in [6.45, 7) is 0. The standard InChI is InChI=1S/C18H11N3/c1-2-6-13-12(5-1)14-11-19-10-9-16(14)21-17-8-4-3-7-15(17)20-18(13)21/h1-11H. The summed E-state index contributed by atoms with van der Waals surface area (Å²) in [5, 5.41) is 3.52. The van der Waals surface area contributed by atoms with Crippen molar-refractivity contribution in [1.82, 2.24) is 14.4 Å². The lowest BCUT2D eigenvalue weighted by Gasteiger charge is -2.07. The van der Waals surface area contributed by atoms with Crippen molar-refractivity contribution in [3.8, 4) is 0 Å². The van der Waals surface area contributed by atoms with Gasteiger partial charge < -0.3 is 0 Å². The number of pyridine rings is 2. The Morgan fingerprint density at radius 3 is 2.48 bits per heavy atom. The highest BCUT2D eigenvalue weighted by atomic mass is 15.0. The van der Waals surface area contributed by atoms with Crippen LogP contribution in [-0.2, 0) is 0 Å². The SMILES string of the molecule is c1ccc2c(c1)nc1c3ccccc3c3cnccc3n21. The van der Waals surface area contributed by atoms with E-state index in [1.165, 1.54) is 5.39 Å². The van der Waals surface area contributed by atoms with Gasteiger partial charge in [0, 0.05) is 23.2 Å². The summed E-state index contributed by atoms with van der Waals surface area (Å²) in [4.78, 5) is 9.14. The van der Waals surface area contributed by atoms with Crippen LogP contribution in [0.15, 0.2) is 67.0 Å². The number of benzene rings is 2. The summed E-state index contributed by atoms with van der Waals surface area (Å²) >= 11 is 0. The molecule has 0 fully saturated rings. The van der Waals surface area contributed by atoms with Crippen molar-refractivity contribution < 1.29 is 0 Å². The van der Waals surface area contributed by atoms with E-state index in [4.69, 9.17) is 4.98 Å². The molecule has 3 heteroatoms. The van der Waals surface area contributed by atoms with Gasteiger partial charge in [0.2, 0.25) is 0 Å². The van der Waals surface area contributed by atoms with E-state index in [9.17, 15) is 0 Å². The minimum absolute atomic E-state index is 1.01. The van der Waals surface area contributed by atoms with Crippen LogP contribution in [0.3, 0.4) is 0 Å². The third-order valence-electron chi connectivity index (χ3n) is 4.06. The quantitative estimate of drug-likeness (QED) is 0.395. The molecule has 3 nitrogen and oxygen atoms in total. The van der Waals surface area contributed by atoms with E-state index in [1.54, 1.807) is 0 Å². The molecule has 3 heterocycles. The molecule has 0 saturated carbocycles. The fourth-order valence-corrected chi connectivity index (χ4v) is 3.15. The number of aromatic nitrogens is 3. The summed E-state index contributed by atoms with van der Waals surface area (Å²) in [6, 6.07) is 18.7. The van der Waals surface area contributed by atoms with Crippen molar-refractivity contribution in [3.63, 3.8) is 0 Å². The first-order valence-corrected chi connectivity index (χ1v) is 6.95. The molecule has 0 aliphatic heterocycles. The molecule has 21 heavy (non-hydrogen) atoms. The lowest BCUT2D eigenvalue weighted by molar-refractivity contribution is 1.28. The second kappa shape index (κ2) is 3.79. The van der Waals surface area contributed by atoms with Gasteiger partial charge in [0.05, 0.1) is 16.6 Å². The lowest BCUT2D eigenvalue weighted by atomic mass is 10.1. The topological polar surface area (TPSA) is 30.2 Å². The zero-order valence-corrected chi connectivity index (χ0v) is 11.2.